The molecule has 2 saturated heterocycles. The highest BCUT2D eigenvalue weighted by molar-refractivity contribution is 7.09. The van der Waals surface area contributed by atoms with Gasteiger partial charge in [0.15, 0.2) is 11.5 Å². The van der Waals surface area contributed by atoms with Crippen LogP contribution in [0, 0.1) is 12.8 Å². The molecule has 0 spiro atoms. The van der Waals surface area contributed by atoms with Crippen molar-refractivity contribution in [3.63, 3.8) is 0 Å². The number of phenolic OH excluding ortho intramolecular Hbond substituents is 1. The zero-order chi connectivity index (χ0) is 24.3. The molecule has 1 unspecified atom stereocenters. The largest absolute Gasteiger partial charge is 0.504 e. The Morgan fingerprint density at radius 2 is 2.03 bits per heavy atom. The minimum absolute atomic E-state index is 0.0868. The van der Waals surface area contributed by atoms with Crippen LogP contribution in [0.2, 0.25) is 0 Å². The monoisotopic (exact) mass is 486 g/mol. The van der Waals surface area contributed by atoms with Gasteiger partial charge in [0.2, 0.25) is 0 Å². The Kier molecular flexibility index (Phi) is 7.42. The molecule has 2 aliphatic rings. The summed E-state index contributed by atoms with van der Waals surface area (Å²) < 4.78 is 5.51. The van der Waals surface area contributed by atoms with Gasteiger partial charge in [-0.15, -0.1) is 11.3 Å². The van der Waals surface area contributed by atoms with E-state index in [9.17, 15) is 14.7 Å². The summed E-state index contributed by atoms with van der Waals surface area (Å²) in [5.41, 5.74) is 2.77. The zero-order valence-electron chi connectivity index (χ0n) is 20.2. The number of carbonyl (C=O) groups excluding carboxylic acids is 2. The van der Waals surface area contributed by atoms with Crippen LogP contribution in [-0.4, -0.2) is 63.6 Å². The zero-order valence-corrected chi connectivity index (χ0v) is 21.0. The van der Waals surface area contributed by atoms with Gasteiger partial charge in [-0.25, -0.2) is 9.78 Å². The van der Waals surface area contributed by atoms with Crippen LogP contribution in [0.3, 0.4) is 0 Å². The average Bonchev–Trinajstić information content (AvgIpc) is 3.35. The third-order valence-electron chi connectivity index (χ3n) is 7.23. The van der Waals surface area contributed by atoms with Gasteiger partial charge in [-0.3, -0.25) is 14.6 Å². The fourth-order valence-corrected chi connectivity index (χ4v) is 5.99. The van der Waals surface area contributed by atoms with Crippen LogP contribution < -0.4 is 10.1 Å². The third-order valence-corrected chi connectivity index (χ3v) is 8.22. The first-order chi connectivity index (χ1) is 16.4. The molecule has 2 aliphatic heterocycles. The molecule has 0 aliphatic carbocycles. The molecule has 0 bridgehead atoms. The van der Waals surface area contributed by atoms with Gasteiger partial charge in [0.05, 0.1) is 17.8 Å². The Labute approximate surface area is 204 Å². The first-order valence-electron chi connectivity index (χ1n) is 12.1. The topological polar surface area (TPSA) is 95.0 Å². The van der Waals surface area contributed by atoms with Crippen LogP contribution in [-0.2, 0) is 17.8 Å². The van der Waals surface area contributed by atoms with Gasteiger partial charge >= 0.3 is 6.03 Å². The highest BCUT2D eigenvalue weighted by Crippen LogP contribution is 2.37. The molecule has 9 heteroatoms. The van der Waals surface area contributed by atoms with Gasteiger partial charge in [0.1, 0.15) is 5.54 Å². The van der Waals surface area contributed by atoms with E-state index in [1.807, 2.05) is 32.9 Å². The number of aryl methyl sites for hydroxylation is 1. The number of likely N-dealkylation sites (tertiary alicyclic amines) is 1. The molecule has 8 nitrogen and oxygen atoms in total. The van der Waals surface area contributed by atoms with Gasteiger partial charge in [0, 0.05) is 30.0 Å². The summed E-state index contributed by atoms with van der Waals surface area (Å²) >= 11 is 1.56. The second-order valence-electron chi connectivity index (χ2n) is 9.07. The molecular formula is C25H34N4O4S. The molecule has 1 atom stereocenters. The second kappa shape index (κ2) is 10.3. The number of hydrogen-bond acceptors (Lipinski definition) is 7. The number of aromatic nitrogens is 1. The SMILES string of the molecule is CCOc1cccc(CN2CCC(C3(CC)NC(=O)N(CCc4scnc4C)C3=O)CC2)c1O. The molecule has 184 valence electrons. The molecule has 1 aromatic heterocycles. The van der Waals surface area contributed by atoms with Crippen molar-refractivity contribution in [3.8, 4) is 11.5 Å². The van der Waals surface area contributed by atoms with Crippen LogP contribution in [0.1, 0.15) is 49.2 Å². The number of nitrogens with zero attached hydrogens (tertiary/aromatic N) is 3. The summed E-state index contributed by atoms with van der Waals surface area (Å²) in [4.78, 5) is 35.4. The van der Waals surface area contributed by atoms with Crippen molar-refractivity contribution >= 4 is 23.3 Å². The first-order valence-corrected chi connectivity index (χ1v) is 13.0. The number of amides is 3. The molecule has 34 heavy (non-hydrogen) atoms. The average molecular weight is 487 g/mol. The Morgan fingerprint density at radius 1 is 1.26 bits per heavy atom. The summed E-state index contributed by atoms with van der Waals surface area (Å²) in [5.74, 6) is 0.695. The van der Waals surface area contributed by atoms with E-state index in [1.54, 1.807) is 22.9 Å². The number of carbonyl (C=O) groups is 2. The van der Waals surface area contributed by atoms with Crippen molar-refractivity contribution in [2.75, 3.05) is 26.2 Å². The Bertz CT molecular complexity index is 1030. The van der Waals surface area contributed by atoms with E-state index in [0.29, 0.717) is 38.3 Å². The number of thiazole rings is 1. The van der Waals surface area contributed by atoms with Gasteiger partial charge in [0.25, 0.3) is 5.91 Å². The van der Waals surface area contributed by atoms with E-state index in [1.165, 1.54) is 4.90 Å². The predicted octanol–water partition coefficient (Wildman–Crippen LogP) is 3.71. The van der Waals surface area contributed by atoms with Crippen LogP contribution in [0.5, 0.6) is 11.5 Å². The summed E-state index contributed by atoms with van der Waals surface area (Å²) in [6.45, 7) is 8.94. The van der Waals surface area contributed by atoms with Crippen molar-refractivity contribution in [2.45, 2.75) is 58.5 Å². The van der Waals surface area contributed by atoms with Gasteiger partial charge in [-0.2, -0.15) is 0 Å². The normalized spacial score (nSPS) is 21.8. The quantitative estimate of drug-likeness (QED) is 0.525. The number of rotatable bonds is 9. The van der Waals surface area contributed by atoms with Crippen LogP contribution in [0.4, 0.5) is 4.79 Å². The Morgan fingerprint density at radius 3 is 2.68 bits per heavy atom. The predicted molar refractivity (Wildman–Crippen MR) is 131 cm³/mol. The minimum Gasteiger partial charge on any atom is -0.504 e. The van der Waals surface area contributed by atoms with Crippen LogP contribution in [0.25, 0.3) is 0 Å². The standard InChI is InChI=1S/C25H34N4O4S/c1-4-25(23(31)29(24(32)27-25)14-11-21-17(3)26-16-34-21)19-9-12-28(13-10-19)15-18-7-6-8-20(22(18)30)33-5-2/h6-8,16,19,30H,4-5,9-15H2,1-3H3,(H,27,32). The lowest BCUT2D eigenvalue weighted by Crippen LogP contribution is -2.55. The second-order valence-corrected chi connectivity index (χ2v) is 10.0. The number of urea groups is 1. The van der Waals surface area contributed by atoms with Crippen LogP contribution >= 0.6 is 11.3 Å². The van der Waals surface area contributed by atoms with Crippen molar-refractivity contribution in [1.82, 2.24) is 20.1 Å². The summed E-state index contributed by atoms with van der Waals surface area (Å²) in [6, 6.07) is 5.30. The van der Waals surface area contributed by atoms with Crippen molar-refractivity contribution in [2.24, 2.45) is 5.92 Å². The number of ether oxygens (including phenoxy) is 1. The summed E-state index contributed by atoms with van der Waals surface area (Å²) in [6.07, 6.45) is 2.84. The molecule has 2 fully saturated rings. The maximum Gasteiger partial charge on any atom is 0.325 e. The maximum absolute atomic E-state index is 13.5. The van der Waals surface area contributed by atoms with E-state index in [0.717, 1.165) is 42.1 Å². The molecule has 3 amide bonds. The van der Waals surface area contributed by atoms with Gasteiger partial charge in [-0.1, -0.05) is 19.1 Å². The van der Waals surface area contributed by atoms with E-state index in [4.69, 9.17) is 4.74 Å². The number of piperidine rings is 1. The maximum atomic E-state index is 13.5. The smallest absolute Gasteiger partial charge is 0.325 e. The summed E-state index contributed by atoms with van der Waals surface area (Å²) in [5, 5.41) is 13.6. The number of imide groups is 1. The van der Waals surface area contributed by atoms with E-state index < -0.39 is 5.54 Å². The summed E-state index contributed by atoms with van der Waals surface area (Å²) in [7, 11) is 0. The first kappa shape index (κ1) is 24.5. The number of benzene rings is 1. The number of para-hydroxylation sites is 1. The molecule has 0 saturated carbocycles. The number of nitrogens with one attached hydrogen (secondary N) is 1. The highest BCUT2D eigenvalue weighted by Gasteiger charge is 2.54. The molecule has 1 aromatic carbocycles. The van der Waals surface area contributed by atoms with Crippen molar-refractivity contribution in [3.05, 3.63) is 39.8 Å². The van der Waals surface area contributed by atoms with Crippen molar-refractivity contribution < 1.29 is 19.4 Å². The fourth-order valence-electron chi connectivity index (χ4n) is 5.22. The molecule has 0 radical (unpaired) electrons. The van der Waals surface area contributed by atoms with Gasteiger partial charge in [-0.05, 0) is 58.2 Å². The minimum atomic E-state index is -0.830. The number of phenols is 1. The molecular weight excluding hydrogens is 452 g/mol. The molecule has 3 heterocycles. The Balaban J connectivity index is 1.39. The lowest BCUT2D eigenvalue weighted by molar-refractivity contribution is -0.134. The van der Waals surface area contributed by atoms with Crippen molar-refractivity contribution in [1.29, 1.82) is 0 Å². The lowest BCUT2D eigenvalue weighted by Gasteiger charge is -2.40. The van der Waals surface area contributed by atoms with E-state index in [-0.39, 0.29) is 23.6 Å². The van der Waals surface area contributed by atoms with Crippen LogP contribution in [0.15, 0.2) is 23.7 Å². The number of aromatic hydroxyl groups is 1. The fraction of sp³-hybridized carbons (Fsp3) is 0.560. The lowest BCUT2D eigenvalue weighted by atomic mass is 9.75. The molecule has 2 aromatic rings. The molecule has 4 rings (SSSR count). The number of hydrogen-bond donors (Lipinski definition) is 2. The van der Waals surface area contributed by atoms with E-state index >= 15 is 0 Å². The van der Waals surface area contributed by atoms with E-state index in [2.05, 4.69) is 15.2 Å². The third kappa shape index (κ3) is 4.63. The highest BCUT2D eigenvalue weighted by atomic mass is 32.1. The molecule has 2 N–H and O–H groups in total. The Hall–Kier alpha value is -2.65. The van der Waals surface area contributed by atoms with Gasteiger partial charge < -0.3 is 15.2 Å².